The standard InChI is InChI=1S/C17H28N2O/c1-5-18-16(20)11-12-19-15(13-17(2,3)4)14-9-7-6-8-10-14/h6-10,15,19H,5,11-13H2,1-4H3,(H,18,20). The van der Waals surface area contributed by atoms with Gasteiger partial charge in [0.2, 0.25) is 5.91 Å². The molecule has 0 saturated carbocycles. The Morgan fingerprint density at radius 3 is 2.40 bits per heavy atom. The summed E-state index contributed by atoms with van der Waals surface area (Å²) in [6.45, 7) is 10.1. The van der Waals surface area contributed by atoms with Crippen molar-refractivity contribution in [2.45, 2.75) is 46.6 Å². The van der Waals surface area contributed by atoms with E-state index >= 15 is 0 Å². The Kier molecular flexibility index (Phi) is 6.73. The lowest BCUT2D eigenvalue weighted by molar-refractivity contribution is -0.120. The largest absolute Gasteiger partial charge is 0.356 e. The Hall–Kier alpha value is -1.35. The minimum Gasteiger partial charge on any atom is -0.356 e. The Morgan fingerprint density at radius 1 is 1.20 bits per heavy atom. The molecule has 3 heteroatoms. The lowest BCUT2D eigenvalue weighted by Crippen LogP contribution is -2.31. The van der Waals surface area contributed by atoms with Crippen molar-refractivity contribution in [3.8, 4) is 0 Å². The normalized spacial score (nSPS) is 13.0. The molecule has 2 N–H and O–H groups in total. The van der Waals surface area contributed by atoms with Crippen LogP contribution in [-0.4, -0.2) is 19.0 Å². The van der Waals surface area contributed by atoms with Crippen LogP contribution >= 0.6 is 0 Å². The van der Waals surface area contributed by atoms with Crippen molar-refractivity contribution in [1.82, 2.24) is 10.6 Å². The topological polar surface area (TPSA) is 41.1 Å². The van der Waals surface area contributed by atoms with Gasteiger partial charge in [-0.2, -0.15) is 0 Å². The van der Waals surface area contributed by atoms with Gasteiger partial charge in [-0.1, -0.05) is 51.1 Å². The van der Waals surface area contributed by atoms with Gasteiger partial charge in [0.1, 0.15) is 0 Å². The van der Waals surface area contributed by atoms with Gasteiger partial charge in [-0.3, -0.25) is 4.79 Å². The highest BCUT2D eigenvalue weighted by Gasteiger charge is 2.19. The molecule has 1 unspecified atom stereocenters. The van der Waals surface area contributed by atoms with E-state index in [-0.39, 0.29) is 11.3 Å². The molecule has 20 heavy (non-hydrogen) atoms. The van der Waals surface area contributed by atoms with Gasteiger partial charge in [0, 0.05) is 25.6 Å². The van der Waals surface area contributed by atoms with E-state index in [0.717, 1.165) is 6.42 Å². The fourth-order valence-electron chi connectivity index (χ4n) is 2.25. The van der Waals surface area contributed by atoms with E-state index in [0.29, 0.717) is 25.6 Å². The van der Waals surface area contributed by atoms with Crippen LogP contribution in [0.3, 0.4) is 0 Å². The molecule has 0 aliphatic carbocycles. The smallest absolute Gasteiger partial charge is 0.221 e. The second-order valence-corrected chi connectivity index (χ2v) is 6.39. The lowest BCUT2D eigenvalue weighted by Gasteiger charge is -2.27. The first-order valence-corrected chi connectivity index (χ1v) is 7.47. The molecule has 0 aliphatic heterocycles. The summed E-state index contributed by atoms with van der Waals surface area (Å²) < 4.78 is 0. The third-order valence-electron chi connectivity index (χ3n) is 3.14. The van der Waals surface area contributed by atoms with Gasteiger partial charge in [0.25, 0.3) is 0 Å². The molecule has 1 amide bonds. The minimum atomic E-state index is 0.113. The van der Waals surface area contributed by atoms with E-state index in [1.165, 1.54) is 5.56 Å². The minimum absolute atomic E-state index is 0.113. The Morgan fingerprint density at radius 2 is 1.85 bits per heavy atom. The first kappa shape index (κ1) is 16.7. The van der Waals surface area contributed by atoms with Gasteiger partial charge in [-0.05, 0) is 24.3 Å². The van der Waals surface area contributed by atoms with E-state index in [4.69, 9.17) is 0 Å². The van der Waals surface area contributed by atoms with Crippen LogP contribution in [-0.2, 0) is 4.79 Å². The van der Waals surface area contributed by atoms with Crippen molar-refractivity contribution < 1.29 is 4.79 Å². The highest BCUT2D eigenvalue weighted by Crippen LogP contribution is 2.29. The maximum Gasteiger partial charge on any atom is 0.221 e. The van der Waals surface area contributed by atoms with Gasteiger partial charge in [-0.25, -0.2) is 0 Å². The molecular formula is C17H28N2O. The second-order valence-electron chi connectivity index (χ2n) is 6.39. The van der Waals surface area contributed by atoms with E-state index in [1.54, 1.807) is 0 Å². The van der Waals surface area contributed by atoms with Crippen LogP contribution in [0.1, 0.15) is 52.1 Å². The summed E-state index contributed by atoms with van der Waals surface area (Å²) in [5, 5.41) is 6.35. The van der Waals surface area contributed by atoms with Crippen LogP contribution in [0.25, 0.3) is 0 Å². The predicted octanol–water partition coefficient (Wildman–Crippen LogP) is 3.28. The zero-order chi connectivity index (χ0) is 15.0. The van der Waals surface area contributed by atoms with Crippen molar-refractivity contribution in [1.29, 1.82) is 0 Å². The summed E-state index contributed by atoms with van der Waals surface area (Å²) in [6.07, 6.45) is 1.58. The number of hydrogen-bond acceptors (Lipinski definition) is 2. The molecule has 1 rings (SSSR count). The fraction of sp³-hybridized carbons (Fsp3) is 0.588. The van der Waals surface area contributed by atoms with Gasteiger partial charge >= 0.3 is 0 Å². The second kappa shape index (κ2) is 8.05. The van der Waals surface area contributed by atoms with Gasteiger partial charge in [0.15, 0.2) is 0 Å². The zero-order valence-corrected chi connectivity index (χ0v) is 13.2. The molecule has 1 aromatic rings. The Labute approximate surface area is 123 Å². The van der Waals surface area contributed by atoms with Gasteiger partial charge in [-0.15, -0.1) is 0 Å². The summed E-state index contributed by atoms with van der Waals surface area (Å²) in [5.41, 5.74) is 1.54. The number of carbonyl (C=O) groups is 1. The third-order valence-corrected chi connectivity index (χ3v) is 3.14. The highest BCUT2D eigenvalue weighted by molar-refractivity contribution is 5.75. The molecule has 112 valence electrons. The first-order chi connectivity index (χ1) is 9.42. The number of rotatable bonds is 7. The van der Waals surface area contributed by atoms with Crippen LogP contribution < -0.4 is 10.6 Å². The van der Waals surface area contributed by atoms with Crippen molar-refractivity contribution in [3.63, 3.8) is 0 Å². The number of benzene rings is 1. The molecule has 0 spiro atoms. The molecule has 0 bridgehead atoms. The van der Waals surface area contributed by atoms with Crippen molar-refractivity contribution in [2.24, 2.45) is 5.41 Å². The monoisotopic (exact) mass is 276 g/mol. The molecule has 0 heterocycles. The van der Waals surface area contributed by atoms with Gasteiger partial charge in [0.05, 0.1) is 0 Å². The van der Waals surface area contributed by atoms with E-state index in [2.05, 4.69) is 55.7 Å². The van der Waals surface area contributed by atoms with Gasteiger partial charge < -0.3 is 10.6 Å². The molecule has 1 aromatic carbocycles. The maximum atomic E-state index is 11.5. The van der Waals surface area contributed by atoms with Crippen LogP contribution in [0.2, 0.25) is 0 Å². The molecule has 0 saturated heterocycles. The van der Waals surface area contributed by atoms with Crippen LogP contribution in [0.4, 0.5) is 0 Å². The number of amides is 1. The zero-order valence-electron chi connectivity index (χ0n) is 13.2. The predicted molar refractivity (Wildman–Crippen MR) is 84.6 cm³/mol. The van der Waals surface area contributed by atoms with Crippen molar-refractivity contribution >= 4 is 5.91 Å². The van der Waals surface area contributed by atoms with Crippen molar-refractivity contribution in [2.75, 3.05) is 13.1 Å². The molecule has 0 radical (unpaired) electrons. The van der Waals surface area contributed by atoms with Crippen molar-refractivity contribution in [3.05, 3.63) is 35.9 Å². The number of hydrogen-bond donors (Lipinski definition) is 2. The molecule has 0 fully saturated rings. The summed E-state index contributed by atoms with van der Waals surface area (Å²) in [7, 11) is 0. The van der Waals surface area contributed by atoms with Crippen LogP contribution in [0.15, 0.2) is 30.3 Å². The first-order valence-electron chi connectivity index (χ1n) is 7.47. The SMILES string of the molecule is CCNC(=O)CCNC(CC(C)(C)C)c1ccccc1. The van der Waals surface area contributed by atoms with E-state index in [9.17, 15) is 4.79 Å². The molecule has 0 aromatic heterocycles. The summed E-state index contributed by atoms with van der Waals surface area (Å²) in [6, 6.07) is 10.8. The van der Waals surface area contributed by atoms with Crippen LogP contribution in [0.5, 0.6) is 0 Å². The average molecular weight is 276 g/mol. The lowest BCUT2D eigenvalue weighted by atomic mass is 9.85. The summed E-state index contributed by atoms with van der Waals surface area (Å²) in [5.74, 6) is 0.113. The molecule has 0 aliphatic rings. The molecule has 1 atom stereocenters. The van der Waals surface area contributed by atoms with E-state index < -0.39 is 0 Å². The quantitative estimate of drug-likeness (QED) is 0.802. The number of nitrogens with one attached hydrogen (secondary N) is 2. The highest BCUT2D eigenvalue weighted by atomic mass is 16.1. The fourth-order valence-corrected chi connectivity index (χ4v) is 2.25. The van der Waals surface area contributed by atoms with Crippen LogP contribution in [0, 0.1) is 5.41 Å². The Balaban J connectivity index is 2.58. The molecule has 3 nitrogen and oxygen atoms in total. The maximum absolute atomic E-state index is 11.5. The summed E-state index contributed by atoms with van der Waals surface area (Å²) in [4.78, 5) is 11.5. The molecular weight excluding hydrogens is 248 g/mol. The third kappa shape index (κ3) is 6.71. The Bertz CT molecular complexity index is 395. The number of carbonyl (C=O) groups excluding carboxylic acids is 1. The average Bonchev–Trinajstić information content (AvgIpc) is 2.37. The summed E-state index contributed by atoms with van der Waals surface area (Å²) >= 11 is 0. The van der Waals surface area contributed by atoms with E-state index in [1.807, 2.05) is 13.0 Å².